The first-order chi connectivity index (χ1) is 16.9. The van der Waals surface area contributed by atoms with Crippen molar-refractivity contribution in [1.82, 2.24) is 9.29 Å². The predicted octanol–water partition coefficient (Wildman–Crippen LogP) is 3.87. The van der Waals surface area contributed by atoms with Crippen LogP contribution in [0.3, 0.4) is 0 Å². The Balaban J connectivity index is 1.51. The summed E-state index contributed by atoms with van der Waals surface area (Å²) in [5.41, 5.74) is 1.42. The molecule has 1 aliphatic heterocycles. The highest BCUT2D eigenvalue weighted by Crippen LogP contribution is 2.33. The summed E-state index contributed by atoms with van der Waals surface area (Å²) in [6, 6.07) is 19.3. The monoisotopic (exact) mass is 494 g/mol. The number of halogens is 1. The average Bonchev–Trinajstić information content (AvgIpc) is 2.86. The van der Waals surface area contributed by atoms with Crippen molar-refractivity contribution in [2.75, 3.05) is 19.8 Å². The summed E-state index contributed by atoms with van der Waals surface area (Å²) in [6.45, 7) is 0.852. The minimum Gasteiger partial charge on any atom is -0.486 e. The SMILES string of the molecule is O=c1[nH]c2cc3c(cc2cc1CN(CCc1ccccc1)S(=O)(=O)c1ccc(F)cc1)OCCO3. The molecule has 1 aliphatic rings. The van der Waals surface area contributed by atoms with E-state index in [1.807, 2.05) is 30.3 Å². The van der Waals surface area contributed by atoms with E-state index in [9.17, 15) is 17.6 Å². The van der Waals surface area contributed by atoms with Crippen molar-refractivity contribution >= 4 is 20.9 Å². The van der Waals surface area contributed by atoms with Crippen molar-refractivity contribution < 1.29 is 22.3 Å². The number of sulfonamides is 1. The third kappa shape index (κ3) is 4.91. The maximum atomic E-state index is 13.5. The molecule has 1 aromatic heterocycles. The second kappa shape index (κ2) is 9.52. The minimum atomic E-state index is -4.00. The Morgan fingerprint density at radius 2 is 1.60 bits per heavy atom. The highest BCUT2D eigenvalue weighted by molar-refractivity contribution is 7.89. The van der Waals surface area contributed by atoms with Crippen LogP contribution in [0.1, 0.15) is 11.1 Å². The third-order valence-electron chi connectivity index (χ3n) is 5.87. The summed E-state index contributed by atoms with van der Waals surface area (Å²) >= 11 is 0. The van der Waals surface area contributed by atoms with Gasteiger partial charge in [0, 0.05) is 30.1 Å². The molecule has 4 aromatic rings. The molecule has 1 N–H and O–H groups in total. The summed E-state index contributed by atoms with van der Waals surface area (Å²) in [5, 5.41) is 0.700. The Bertz CT molecular complexity index is 1520. The lowest BCUT2D eigenvalue weighted by Crippen LogP contribution is -2.34. The van der Waals surface area contributed by atoms with Gasteiger partial charge in [-0.3, -0.25) is 4.79 Å². The highest BCUT2D eigenvalue weighted by atomic mass is 32.2. The lowest BCUT2D eigenvalue weighted by atomic mass is 10.1. The van der Waals surface area contributed by atoms with Gasteiger partial charge in [0.2, 0.25) is 10.0 Å². The number of H-pyrrole nitrogens is 1. The summed E-state index contributed by atoms with van der Waals surface area (Å²) in [5.74, 6) is 0.595. The molecule has 0 radical (unpaired) electrons. The Hall–Kier alpha value is -3.69. The molecule has 0 bridgehead atoms. The third-order valence-corrected chi connectivity index (χ3v) is 7.73. The van der Waals surface area contributed by atoms with Gasteiger partial charge in [-0.2, -0.15) is 4.31 Å². The number of aromatic amines is 1. The van der Waals surface area contributed by atoms with Gasteiger partial charge in [0.1, 0.15) is 19.0 Å². The Morgan fingerprint density at radius 1 is 0.914 bits per heavy atom. The van der Waals surface area contributed by atoms with Crippen molar-refractivity contribution in [3.63, 3.8) is 0 Å². The van der Waals surface area contributed by atoms with Gasteiger partial charge in [-0.05, 0) is 48.4 Å². The number of nitrogens with zero attached hydrogens (tertiary/aromatic N) is 1. The number of fused-ring (bicyclic) bond motifs is 2. The number of rotatable bonds is 7. The quantitative estimate of drug-likeness (QED) is 0.421. The first-order valence-corrected chi connectivity index (χ1v) is 12.6. The largest absolute Gasteiger partial charge is 0.486 e. The molecule has 0 saturated carbocycles. The number of nitrogens with one attached hydrogen (secondary N) is 1. The topological polar surface area (TPSA) is 88.7 Å². The fourth-order valence-corrected chi connectivity index (χ4v) is 5.45. The van der Waals surface area contributed by atoms with Crippen LogP contribution in [0.4, 0.5) is 4.39 Å². The van der Waals surface area contributed by atoms with E-state index in [2.05, 4.69) is 4.98 Å². The van der Waals surface area contributed by atoms with Crippen molar-refractivity contribution in [3.05, 3.63) is 100 Å². The van der Waals surface area contributed by atoms with Gasteiger partial charge in [0.25, 0.3) is 5.56 Å². The molecule has 3 aromatic carbocycles. The van der Waals surface area contributed by atoms with Crippen LogP contribution in [0, 0.1) is 5.82 Å². The standard InChI is InChI=1S/C26H23FN2O5S/c27-21-6-8-22(9-7-21)35(31,32)29(11-10-18-4-2-1-3-5-18)17-20-14-19-15-24-25(34-13-12-33-24)16-23(19)28-26(20)30/h1-9,14-16H,10-13,17H2,(H,28,30). The van der Waals surface area contributed by atoms with E-state index < -0.39 is 21.4 Å². The van der Waals surface area contributed by atoms with Crippen LogP contribution in [0.2, 0.25) is 0 Å². The van der Waals surface area contributed by atoms with E-state index in [-0.39, 0.29) is 23.5 Å². The predicted molar refractivity (Wildman–Crippen MR) is 130 cm³/mol. The van der Waals surface area contributed by atoms with E-state index in [1.165, 1.54) is 16.4 Å². The van der Waals surface area contributed by atoms with Gasteiger partial charge in [0.05, 0.1) is 10.4 Å². The lowest BCUT2D eigenvalue weighted by molar-refractivity contribution is 0.172. The number of aromatic nitrogens is 1. The molecule has 5 rings (SSSR count). The Kier molecular flexibility index (Phi) is 6.27. The molecule has 2 heterocycles. The molecule has 0 spiro atoms. The van der Waals surface area contributed by atoms with Crippen molar-refractivity contribution in [2.24, 2.45) is 0 Å². The summed E-state index contributed by atoms with van der Waals surface area (Å²) in [7, 11) is -4.00. The molecule has 7 nitrogen and oxygen atoms in total. The number of benzene rings is 3. The molecule has 180 valence electrons. The first kappa shape index (κ1) is 23.1. The maximum Gasteiger partial charge on any atom is 0.252 e. The molecule has 0 unspecified atom stereocenters. The van der Waals surface area contributed by atoms with Gasteiger partial charge < -0.3 is 14.5 Å². The molecule has 0 saturated heterocycles. The fourth-order valence-electron chi connectivity index (χ4n) is 4.03. The number of pyridine rings is 1. The molecule has 9 heteroatoms. The highest BCUT2D eigenvalue weighted by Gasteiger charge is 2.26. The van der Waals surface area contributed by atoms with E-state index in [0.29, 0.717) is 42.0 Å². The minimum absolute atomic E-state index is 0.0382. The molecule has 35 heavy (non-hydrogen) atoms. The normalized spacial score (nSPS) is 13.3. The summed E-state index contributed by atoms with van der Waals surface area (Å²) < 4.78 is 52.9. The average molecular weight is 495 g/mol. The number of hydrogen-bond acceptors (Lipinski definition) is 5. The molecule has 0 fully saturated rings. The van der Waals surface area contributed by atoms with E-state index in [1.54, 1.807) is 18.2 Å². The second-order valence-corrected chi connectivity index (χ2v) is 10.2. The Morgan fingerprint density at radius 3 is 2.31 bits per heavy atom. The van der Waals surface area contributed by atoms with Crippen LogP contribution in [0.15, 0.2) is 82.5 Å². The van der Waals surface area contributed by atoms with Crippen molar-refractivity contribution in [3.8, 4) is 11.5 Å². The summed E-state index contributed by atoms with van der Waals surface area (Å²) in [6.07, 6.45) is 0.450. The van der Waals surface area contributed by atoms with Gasteiger partial charge in [0.15, 0.2) is 11.5 Å². The molecule has 0 atom stereocenters. The van der Waals surface area contributed by atoms with Crippen LogP contribution in [-0.2, 0) is 23.0 Å². The van der Waals surface area contributed by atoms with Gasteiger partial charge in [-0.25, -0.2) is 12.8 Å². The van der Waals surface area contributed by atoms with Crippen molar-refractivity contribution in [2.45, 2.75) is 17.9 Å². The number of hydrogen-bond donors (Lipinski definition) is 1. The van der Waals surface area contributed by atoms with Crippen LogP contribution in [0.5, 0.6) is 11.5 Å². The first-order valence-electron chi connectivity index (χ1n) is 11.2. The zero-order chi connectivity index (χ0) is 24.4. The van der Waals surface area contributed by atoms with E-state index in [4.69, 9.17) is 9.47 Å². The maximum absolute atomic E-state index is 13.5. The van der Waals surface area contributed by atoms with Crippen LogP contribution in [0.25, 0.3) is 10.9 Å². The Labute approximate surface area is 201 Å². The second-order valence-electron chi connectivity index (χ2n) is 8.23. The smallest absolute Gasteiger partial charge is 0.252 e. The molecule has 0 amide bonds. The molecular weight excluding hydrogens is 471 g/mol. The van der Waals surface area contributed by atoms with Crippen LogP contribution >= 0.6 is 0 Å². The zero-order valence-electron chi connectivity index (χ0n) is 18.7. The fraction of sp³-hybridized carbons (Fsp3) is 0.192. The molecular formula is C26H23FN2O5S. The zero-order valence-corrected chi connectivity index (χ0v) is 19.6. The van der Waals surface area contributed by atoms with Crippen LogP contribution < -0.4 is 15.0 Å². The number of ether oxygens (including phenoxy) is 2. The van der Waals surface area contributed by atoms with Gasteiger partial charge in [-0.1, -0.05) is 30.3 Å². The van der Waals surface area contributed by atoms with Crippen LogP contribution in [-0.4, -0.2) is 37.5 Å². The lowest BCUT2D eigenvalue weighted by Gasteiger charge is -2.23. The van der Waals surface area contributed by atoms with Crippen molar-refractivity contribution in [1.29, 1.82) is 0 Å². The summed E-state index contributed by atoms with van der Waals surface area (Å²) in [4.78, 5) is 15.7. The van der Waals surface area contributed by atoms with Gasteiger partial charge >= 0.3 is 0 Å². The molecule has 0 aliphatic carbocycles. The van der Waals surface area contributed by atoms with Gasteiger partial charge in [-0.15, -0.1) is 0 Å². The van der Waals surface area contributed by atoms with E-state index in [0.717, 1.165) is 17.7 Å². The van der Waals surface area contributed by atoms with E-state index >= 15 is 0 Å².